The molecule has 4 rings (SSSR count). The summed E-state index contributed by atoms with van der Waals surface area (Å²) in [5, 5.41) is 5.27. The van der Waals surface area contributed by atoms with Gasteiger partial charge in [0.15, 0.2) is 0 Å². The van der Waals surface area contributed by atoms with Crippen LogP contribution in [-0.2, 0) is 10.0 Å². The van der Waals surface area contributed by atoms with E-state index < -0.39 is 33.1 Å². The second kappa shape index (κ2) is 8.99. The number of halogens is 3. The predicted molar refractivity (Wildman–Crippen MR) is 120 cm³/mol. The van der Waals surface area contributed by atoms with E-state index in [1.54, 1.807) is 12.1 Å². The van der Waals surface area contributed by atoms with Crippen LogP contribution in [0.4, 0.5) is 18.9 Å². The molecule has 3 aromatic rings. The molecular formula is C23H24F3N3O2S. The lowest BCUT2D eigenvalue weighted by Crippen LogP contribution is -2.35. The number of nitrogens with one attached hydrogen (secondary N) is 2. The summed E-state index contributed by atoms with van der Waals surface area (Å²) >= 11 is 0. The van der Waals surface area contributed by atoms with Crippen LogP contribution in [0, 0.1) is 5.82 Å². The van der Waals surface area contributed by atoms with Crippen LogP contribution < -0.4 is 10.6 Å². The minimum atomic E-state index is -4.33. The maximum absolute atomic E-state index is 14.4. The molecule has 0 bridgehead atoms. The van der Waals surface area contributed by atoms with Crippen molar-refractivity contribution >= 4 is 26.6 Å². The van der Waals surface area contributed by atoms with E-state index in [0.717, 1.165) is 48.2 Å². The van der Waals surface area contributed by atoms with Crippen LogP contribution in [0.15, 0.2) is 61.3 Å². The maximum atomic E-state index is 14.4. The molecule has 0 aliphatic carbocycles. The van der Waals surface area contributed by atoms with Crippen LogP contribution in [0.1, 0.15) is 35.6 Å². The van der Waals surface area contributed by atoms with Crippen LogP contribution >= 0.6 is 0 Å². The Kier molecular flexibility index (Phi) is 6.30. The molecule has 32 heavy (non-hydrogen) atoms. The second-order valence-corrected chi connectivity index (χ2v) is 9.70. The van der Waals surface area contributed by atoms with Crippen molar-refractivity contribution < 1.29 is 21.6 Å². The van der Waals surface area contributed by atoms with Crippen molar-refractivity contribution in [2.75, 3.05) is 18.4 Å². The van der Waals surface area contributed by atoms with Crippen LogP contribution in [0.25, 0.3) is 10.9 Å². The first-order valence-electron chi connectivity index (χ1n) is 10.4. The van der Waals surface area contributed by atoms with E-state index in [0.29, 0.717) is 5.69 Å². The molecule has 0 amide bonds. The average molecular weight is 464 g/mol. The molecule has 2 aromatic carbocycles. The van der Waals surface area contributed by atoms with E-state index in [1.165, 1.54) is 24.3 Å². The van der Waals surface area contributed by atoms with Gasteiger partial charge in [-0.3, -0.25) is 0 Å². The van der Waals surface area contributed by atoms with Gasteiger partial charge in [0.1, 0.15) is 11.1 Å². The molecule has 1 unspecified atom stereocenters. The summed E-state index contributed by atoms with van der Waals surface area (Å²) < 4.78 is 70.3. The Balaban J connectivity index is 1.86. The van der Waals surface area contributed by atoms with Crippen LogP contribution in [-0.4, -0.2) is 31.5 Å². The van der Waals surface area contributed by atoms with Gasteiger partial charge in [-0.15, -0.1) is 6.58 Å². The first-order valence-corrected chi connectivity index (χ1v) is 11.9. The van der Waals surface area contributed by atoms with Gasteiger partial charge in [0.05, 0.1) is 5.52 Å². The number of fused-ring (bicyclic) bond motifs is 1. The molecule has 1 aliphatic heterocycles. The zero-order chi connectivity index (χ0) is 22.9. The van der Waals surface area contributed by atoms with Crippen molar-refractivity contribution in [1.82, 2.24) is 9.29 Å². The van der Waals surface area contributed by atoms with E-state index in [2.05, 4.69) is 17.2 Å². The summed E-state index contributed by atoms with van der Waals surface area (Å²) in [6.45, 7) is 5.19. The van der Waals surface area contributed by atoms with Crippen molar-refractivity contribution in [2.24, 2.45) is 0 Å². The fourth-order valence-corrected chi connectivity index (χ4v) is 5.89. The van der Waals surface area contributed by atoms with E-state index >= 15 is 0 Å². The van der Waals surface area contributed by atoms with Gasteiger partial charge in [0.25, 0.3) is 6.43 Å². The number of rotatable bonds is 7. The van der Waals surface area contributed by atoms with Gasteiger partial charge in [-0.1, -0.05) is 30.3 Å². The molecular weight excluding hydrogens is 439 g/mol. The molecule has 0 saturated carbocycles. The number of aromatic nitrogens is 1. The number of nitrogens with zero attached hydrogens (tertiary/aromatic N) is 1. The Hall–Kier alpha value is -2.78. The average Bonchev–Trinajstić information content (AvgIpc) is 3.18. The van der Waals surface area contributed by atoms with Gasteiger partial charge in [0, 0.05) is 34.4 Å². The number of hydrogen-bond acceptors (Lipinski definition) is 4. The summed E-state index contributed by atoms with van der Waals surface area (Å²) in [6.07, 6.45) is 0.811. The second-order valence-electron chi connectivity index (χ2n) is 7.77. The monoisotopic (exact) mass is 463 g/mol. The van der Waals surface area contributed by atoms with Crippen LogP contribution in [0.3, 0.4) is 0 Å². The SMILES string of the molecule is C=CC(c1ccccc1F)S(=O)(=O)n1cc(C(F)F)c2c(NC3CCNCC3)cccc21. The molecule has 0 radical (unpaired) electrons. The molecule has 1 aromatic heterocycles. The highest BCUT2D eigenvalue weighted by atomic mass is 32.2. The van der Waals surface area contributed by atoms with Gasteiger partial charge < -0.3 is 10.6 Å². The Bertz CT molecular complexity index is 1230. The molecule has 1 fully saturated rings. The smallest absolute Gasteiger partial charge is 0.266 e. The normalized spacial score (nSPS) is 16.4. The first kappa shape index (κ1) is 22.4. The van der Waals surface area contributed by atoms with Crippen molar-refractivity contribution in [3.63, 3.8) is 0 Å². The van der Waals surface area contributed by atoms with E-state index in [1.807, 2.05) is 0 Å². The molecule has 2 N–H and O–H groups in total. The summed E-state index contributed by atoms with van der Waals surface area (Å²) in [6, 6.07) is 10.3. The minimum absolute atomic E-state index is 0.0895. The number of alkyl halides is 2. The fraction of sp³-hybridized carbons (Fsp3) is 0.304. The number of piperidine rings is 1. The molecule has 5 nitrogen and oxygen atoms in total. The molecule has 2 heterocycles. The molecule has 1 saturated heterocycles. The van der Waals surface area contributed by atoms with Gasteiger partial charge in [-0.05, 0) is 44.1 Å². The summed E-state index contributed by atoms with van der Waals surface area (Å²) in [4.78, 5) is 0. The number of anilines is 1. The third kappa shape index (κ3) is 4.02. The lowest BCUT2D eigenvalue weighted by Gasteiger charge is -2.25. The predicted octanol–water partition coefficient (Wildman–Crippen LogP) is 4.99. The zero-order valence-electron chi connectivity index (χ0n) is 17.3. The molecule has 0 spiro atoms. The van der Waals surface area contributed by atoms with Gasteiger partial charge in [-0.2, -0.15) is 0 Å². The minimum Gasteiger partial charge on any atom is -0.382 e. The van der Waals surface area contributed by atoms with Crippen LogP contribution in [0.5, 0.6) is 0 Å². The van der Waals surface area contributed by atoms with Crippen molar-refractivity contribution in [3.05, 3.63) is 78.3 Å². The lowest BCUT2D eigenvalue weighted by atomic mass is 10.0. The topological polar surface area (TPSA) is 63.1 Å². The van der Waals surface area contributed by atoms with Crippen molar-refractivity contribution in [1.29, 1.82) is 0 Å². The fourth-order valence-electron chi connectivity index (χ4n) is 4.21. The van der Waals surface area contributed by atoms with Gasteiger partial charge >= 0.3 is 0 Å². The van der Waals surface area contributed by atoms with Gasteiger partial charge in [0.2, 0.25) is 10.0 Å². The van der Waals surface area contributed by atoms with Crippen LogP contribution in [0.2, 0.25) is 0 Å². The zero-order valence-corrected chi connectivity index (χ0v) is 18.1. The number of hydrogen-bond donors (Lipinski definition) is 2. The summed E-state index contributed by atoms with van der Waals surface area (Å²) in [7, 11) is -4.33. The van der Waals surface area contributed by atoms with Gasteiger partial charge in [-0.25, -0.2) is 25.6 Å². The van der Waals surface area contributed by atoms with E-state index in [-0.39, 0.29) is 22.5 Å². The van der Waals surface area contributed by atoms with Crippen molar-refractivity contribution in [2.45, 2.75) is 30.6 Å². The third-order valence-electron chi connectivity index (χ3n) is 5.78. The largest absolute Gasteiger partial charge is 0.382 e. The van der Waals surface area contributed by atoms with Crippen molar-refractivity contribution in [3.8, 4) is 0 Å². The molecule has 9 heteroatoms. The third-order valence-corrected chi connectivity index (χ3v) is 7.72. The molecule has 1 atom stereocenters. The molecule has 1 aliphatic rings. The number of benzene rings is 2. The Morgan fingerprint density at radius 3 is 2.47 bits per heavy atom. The first-order chi connectivity index (χ1) is 15.3. The quantitative estimate of drug-likeness (QED) is 0.485. The molecule has 170 valence electrons. The Labute approximate surface area is 185 Å². The highest BCUT2D eigenvalue weighted by Crippen LogP contribution is 2.38. The highest BCUT2D eigenvalue weighted by Gasteiger charge is 2.32. The maximum Gasteiger partial charge on any atom is 0.266 e. The highest BCUT2D eigenvalue weighted by molar-refractivity contribution is 7.90. The summed E-state index contributed by atoms with van der Waals surface area (Å²) in [5.41, 5.74) is 0.0889. The van der Waals surface area contributed by atoms with E-state index in [9.17, 15) is 21.6 Å². The van der Waals surface area contributed by atoms with E-state index in [4.69, 9.17) is 0 Å². The standard InChI is InChI=1S/C23H24F3N3O2S/c1-2-21(16-6-3-4-7-18(16)24)32(30,31)29-14-17(23(25)26)22-19(8-5-9-20(22)29)28-15-10-12-27-13-11-15/h2-9,14-15,21,23,27-28H,1,10-13H2. The Morgan fingerprint density at radius 2 is 1.81 bits per heavy atom. The summed E-state index contributed by atoms with van der Waals surface area (Å²) in [5.74, 6) is -0.709. The Morgan fingerprint density at radius 1 is 1.09 bits per heavy atom. The lowest BCUT2D eigenvalue weighted by molar-refractivity contribution is 0.153.